The maximum Gasteiger partial charge on any atom is 0.416 e. The number of alkyl halides is 3. The lowest BCUT2D eigenvalue weighted by Gasteiger charge is -2.27. The number of aromatic nitrogens is 1. The van der Waals surface area contributed by atoms with E-state index in [-0.39, 0.29) is 0 Å². The van der Waals surface area contributed by atoms with Crippen molar-refractivity contribution in [3.05, 3.63) is 100 Å². The first-order chi connectivity index (χ1) is 14.3. The molecule has 6 heteroatoms. The summed E-state index contributed by atoms with van der Waals surface area (Å²) >= 11 is 6.02. The molecule has 0 N–H and O–H groups in total. The van der Waals surface area contributed by atoms with E-state index in [4.69, 9.17) is 11.6 Å². The van der Waals surface area contributed by atoms with Gasteiger partial charge in [-0.1, -0.05) is 48.0 Å². The number of hydrogen-bond acceptors (Lipinski definition) is 2. The van der Waals surface area contributed by atoms with Gasteiger partial charge in [-0.05, 0) is 66.6 Å². The summed E-state index contributed by atoms with van der Waals surface area (Å²) < 4.78 is 38.9. The van der Waals surface area contributed by atoms with Crippen molar-refractivity contribution in [2.45, 2.75) is 37.3 Å². The zero-order chi connectivity index (χ0) is 21.6. The van der Waals surface area contributed by atoms with Gasteiger partial charge in [0.1, 0.15) is 0 Å². The highest BCUT2D eigenvalue weighted by molar-refractivity contribution is 6.30. The van der Waals surface area contributed by atoms with Crippen LogP contribution >= 0.6 is 11.6 Å². The lowest BCUT2D eigenvalue weighted by Crippen LogP contribution is -2.27. The summed E-state index contributed by atoms with van der Waals surface area (Å²) in [5.41, 5.74) is 0.888. The lowest BCUT2D eigenvalue weighted by atomic mass is 9.73. The fraction of sp³-hybridized carbons (Fsp3) is 0.250. The highest BCUT2D eigenvalue weighted by Gasteiger charge is 2.33. The van der Waals surface area contributed by atoms with Crippen LogP contribution in [0.2, 0.25) is 5.02 Å². The molecule has 1 aromatic heterocycles. The van der Waals surface area contributed by atoms with Crippen LogP contribution in [0, 0.1) is 11.3 Å². The van der Waals surface area contributed by atoms with E-state index in [1.165, 1.54) is 12.1 Å². The summed E-state index contributed by atoms with van der Waals surface area (Å²) in [5, 5.41) is 10.7. The summed E-state index contributed by atoms with van der Waals surface area (Å²) in [4.78, 5) is 4.13. The third-order valence-corrected chi connectivity index (χ3v) is 5.41. The summed E-state index contributed by atoms with van der Waals surface area (Å²) in [7, 11) is 0. The fourth-order valence-electron chi connectivity index (χ4n) is 3.61. The molecule has 3 aromatic rings. The van der Waals surface area contributed by atoms with Gasteiger partial charge in [0.15, 0.2) is 0 Å². The lowest BCUT2D eigenvalue weighted by molar-refractivity contribution is -0.137. The number of nitriles is 1. The van der Waals surface area contributed by atoms with Crippen LogP contribution in [0.1, 0.15) is 35.1 Å². The zero-order valence-electron chi connectivity index (χ0n) is 16.2. The number of hydrogen-bond donors (Lipinski definition) is 0. The molecule has 0 fully saturated rings. The molecule has 1 heterocycles. The average Bonchev–Trinajstić information content (AvgIpc) is 2.74. The summed E-state index contributed by atoms with van der Waals surface area (Å²) in [6.07, 6.45) is 1.02. The van der Waals surface area contributed by atoms with E-state index in [2.05, 4.69) is 11.1 Å². The Balaban J connectivity index is 1.82. The first-order valence-electron chi connectivity index (χ1n) is 9.55. The molecule has 0 aliphatic rings. The zero-order valence-corrected chi connectivity index (χ0v) is 16.9. The van der Waals surface area contributed by atoms with Gasteiger partial charge in [0.05, 0.1) is 17.0 Å². The Hall–Kier alpha value is -2.84. The molecule has 30 heavy (non-hydrogen) atoms. The highest BCUT2D eigenvalue weighted by atomic mass is 35.5. The number of halogens is 4. The molecule has 0 aliphatic carbocycles. The topological polar surface area (TPSA) is 36.7 Å². The Morgan fingerprint density at radius 2 is 1.67 bits per heavy atom. The molecule has 1 atom stereocenters. The molecule has 2 nitrogen and oxygen atoms in total. The van der Waals surface area contributed by atoms with Gasteiger partial charge in [-0.2, -0.15) is 18.4 Å². The maximum atomic E-state index is 13.0. The standard InChI is InChI=1S/C24H20ClF3N2/c25-22-10-8-20(9-11-22)23(17-29,15-19-6-3-13-30-16-19)12-2-5-18-4-1-7-21(14-18)24(26,27)28/h1,3-4,6-11,13-14,16H,2,5,12,15H2. The Bertz CT molecular complexity index is 1010. The first kappa shape index (κ1) is 21.9. The van der Waals surface area contributed by atoms with Crippen LogP contribution < -0.4 is 0 Å². The Morgan fingerprint density at radius 3 is 2.30 bits per heavy atom. The third kappa shape index (κ3) is 5.40. The van der Waals surface area contributed by atoms with E-state index in [1.807, 2.05) is 24.3 Å². The number of pyridine rings is 1. The van der Waals surface area contributed by atoms with Gasteiger partial charge in [0, 0.05) is 17.4 Å². The minimum absolute atomic E-state index is 0.452. The molecule has 1 unspecified atom stereocenters. The predicted molar refractivity (Wildman–Crippen MR) is 111 cm³/mol. The number of aryl methyl sites for hydroxylation is 1. The average molecular weight is 429 g/mol. The van der Waals surface area contributed by atoms with Crippen LogP contribution in [0.15, 0.2) is 73.1 Å². The van der Waals surface area contributed by atoms with Gasteiger partial charge >= 0.3 is 6.18 Å². The molecule has 0 aliphatic heterocycles. The third-order valence-electron chi connectivity index (χ3n) is 5.16. The van der Waals surface area contributed by atoms with Crippen LogP contribution in [0.25, 0.3) is 0 Å². The van der Waals surface area contributed by atoms with Crippen molar-refractivity contribution in [3.8, 4) is 6.07 Å². The van der Waals surface area contributed by atoms with E-state index in [0.29, 0.717) is 36.3 Å². The van der Waals surface area contributed by atoms with Crippen molar-refractivity contribution in [1.29, 1.82) is 5.26 Å². The normalized spacial score (nSPS) is 13.4. The predicted octanol–water partition coefficient (Wildman–Crippen LogP) is 6.78. The van der Waals surface area contributed by atoms with E-state index >= 15 is 0 Å². The highest BCUT2D eigenvalue weighted by Crippen LogP contribution is 2.35. The molecule has 3 rings (SSSR count). The summed E-state index contributed by atoms with van der Waals surface area (Å²) in [6, 6.07) is 18.7. The molecule has 154 valence electrons. The van der Waals surface area contributed by atoms with Crippen molar-refractivity contribution in [3.63, 3.8) is 0 Å². The molecule has 2 aromatic carbocycles. The number of rotatable bonds is 7. The van der Waals surface area contributed by atoms with Gasteiger partial charge in [0.25, 0.3) is 0 Å². The summed E-state index contributed by atoms with van der Waals surface area (Å²) in [6.45, 7) is 0. The monoisotopic (exact) mass is 428 g/mol. The molecule has 0 amide bonds. The van der Waals surface area contributed by atoms with Gasteiger partial charge in [-0.15, -0.1) is 0 Å². The van der Waals surface area contributed by atoms with Gasteiger partial charge < -0.3 is 0 Å². The van der Waals surface area contributed by atoms with Crippen molar-refractivity contribution in [2.24, 2.45) is 0 Å². The quantitative estimate of drug-likeness (QED) is 0.416. The van der Waals surface area contributed by atoms with Crippen molar-refractivity contribution in [2.75, 3.05) is 0 Å². The van der Waals surface area contributed by atoms with E-state index in [1.54, 1.807) is 30.6 Å². The first-order valence-corrected chi connectivity index (χ1v) is 9.92. The van der Waals surface area contributed by atoms with Crippen LogP contribution in [0.5, 0.6) is 0 Å². The Morgan fingerprint density at radius 1 is 0.933 bits per heavy atom. The molecular weight excluding hydrogens is 409 g/mol. The van der Waals surface area contributed by atoms with Gasteiger partial charge in [-0.25, -0.2) is 0 Å². The van der Waals surface area contributed by atoms with E-state index in [9.17, 15) is 18.4 Å². The molecule has 0 saturated heterocycles. The molecule has 0 spiro atoms. The van der Waals surface area contributed by atoms with Crippen molar-refractivity contribution < 1.29 is 13.2 Å². The second kappa shape index (κ2) is 9.32. The summed E-state index contributed by atoms with van der Waals surface area (Å²) in [5.74, 6) is 0. The second-order valence-corrected chi connectivity index (χ2v) is 7.73. The van der Waals surface area contributed by atoms with Crippen molar-refractivity contribution >= 4 is 11.6 Å². The van der Waals surface area contributed by atoms with Crippen LogP contribution in [0.3, 0.4) is 0 Å². The molecule has 0 radical (unpaired) electrons. The SMILES string of the molecule is N#CC(CCCc1cccc(C(F)(F)F)c1)(Cc1cccnc1)c1ccc(Cl)cc1. The minimum atomic E-state index is -4.37. The second-order valence-electron chi connectivity index (χ2n) is 7.29. The fourth-order valence-corrected chi connectivity index (χ4v) is 3.74. The van der Waals surface area contributed by atoms with E-state index in [0.717, 1.165) is 17.2 Å². The Labute approximate surface area is 179 Å². The maximum absolute atomic E-state index is 13.0. The van der Waals surface area contributed by atoms with Crippen LogP contribution in [-0.2, 0) is 24.4 Å². The molecule has 0 bridgehead atoms. The number of nitrogens with zero attached hydrogens (tertiary/aromatic N) is 2. The van der Waals surface area contributed by atoms with Crippen LogP contribution in [-0.4, -0.2) is 4.98 Å². The van der Waals surface area contributed by atoms with Crippen LogP contribution in [0.4, 0.5) is 13.2 Å². The van der Waals surface area contributed by atoms with E-state index < -0.39 is 17.2 Å². The molecule has 0 saturated carbocycles. The van der Waals surface area contributed by atoms with Gasteiger partial charge in [-0.3, -0.25) is 4.98 Å². The number of benzene rings is 2. The van der Waals surface area contributed by atoms with Gasteiger partial charge in [0.2, 0.25) is 0 Å². The smallest absolute Gasteiger partial charge is 0.264 e. The minimum Gasteiger partial charge on any atom is -0.264 e. The van der Waals surface area contributed by atoms with Crippen molar-refractivity contribution in [1.82, 2.24) is 4.98 Å². The molecular formula is C24H20ClF3N2. The largest absolute Gasteiger partial charge is 0.416 e. The Kier molecular flexibility index (Phi) is 6.79.